The number of nitro groups is 1. The normalized spacial score (nSPS) is 19.1. The Kier molecular flexibility index (Phi) is 4.27. The predicted octanol–water partition coefficient (Wildman–Crippen LogP) is 3.69. The topological polar surface area (TPSA) is 89.7 Å². The van der Waals surface area contributed by atoms with Crippen molar-refractivity contribution in [3.63, 3.8) is 0 Å². The van der Waals surface area contributed by atoms with Crippen molar-refractivity contribution >= 4 is 39.2 Å². The fraction of sp³-hybridized carbons (Fsp3) is 0.158. The van der Waals surface area contributed by atoms with Gasteiger partial charge in [-0.3, -0.25) is 19.8 Å². The molecule has 2 aromatic carbocycles. The molecule has 0 aliphatic carbocycles. The third-order valence-electron chi connectivity index (χ3n) is 4.69. The number of rotatable bonds is 3. The lowest BCUT2D eigenvalue weighted by atomic mass is 9.84. The van der Waals surface area contributed by atoms with Crippen molar-refractivity contribution in [2.75, 3.05) is 11.5 Å². The van der Waals surface area contributed by atoms with Crippen molar-refractivity contribution in [2.24, 2.45) is 0 Å². The van der Waals surface area contributed by atoms with Gasteiger partial charge in [0, 0.05) is 34.6 Å². The molecule has 2 aliphatic heterocycles. The van der Waals surface area contributed by atoms with Gasteiger partial charge in [-0.15, -0.1) is 0 Å². The highest BCUT2D eigenvalue weighted by Crippen LogP contribution is 2.42. The van der Waals surface area contributed by atoms with Crippen molar-refractivity contribution in [1.82, 2.24) is 0 Å². The number of halogens is 1. The molecular weight excluding hydrogens is 416 g/mol. The Morgan fingerprint density at radius 1 is 1.15 bits per heavy atom. The van der Waals surface area contributed by atoms with E-state index in [1.54, 1.807) is 24.3 Å². The van der Waals surface area contributed by atoms with E-state index >= 15 is 0 Å². The van der Waals surface area contributed by atoms with Gasteiger partial charge in [0.05, 0.1) is 16.2 Å². The summed E-state index contributed by atoms with van der Waals surface area (Å²) in [6.07, 6.45) is 0.0816. The molecule has 0 bridgehead atoms. The van der Waals surface area contributed by atoms with Gasteiger partial charge in [-0.25, -0.2) is 4.79 Å². The number of benzene rings is 2. The van der Waals surface area contributed by atoms with Crippen LogP contribution in [-0.2, 0) is 14.3 Å². The third-order valence-corrected chi connectivity index (χ3v) is 5.18. The van der Waals surface area contributed by atoms with Crippen LogP contribution in [0.15, 0.2) is 64.3 Å². The largest absolute Gasteiger partial charge is 0.456 e. The van der Waals surface area contributed by atoms with E-state index < -0.39 is 16.8 Å². The zero-order valence-corrected chi connectivity index (χ0v) is 15.5. The zero-order chi connectivity index (χ0) is 19.1. The number of cyclic esters (lactones) is 1. The van der Waals surface area contributed by atoms with Gasteiger partial charge in [-0.05, 0) is 23.8 Å². The Labute approximate surface area is 162 Å². The van der Waals surface area contributed by atoms with Crippen LogP contribution < -0.4 is 4.90 Å². The molecule has 0 aromatic heterocycles. The molecular formula is C19H13BrN2O5. The highest BCUT2D eigenvalue weighted by molar-refractivity contribution is 9.10. The van der Waals surface area contributed by atoms with Gasteiger partial charge in [0.1, 0.15) is 6.61 Å². The Balaban J connectivity index is 1.79. The minimum Gasteiger partial charge on any atom is -0.456 e. The van der Waals surface area contributed by atoms with Gasteiger partial charge in [-0.2, -0.15) is 0 Å². The number of anilines is 1. The number of nitro benzene ring substituents is 1. The number of hydrogen-bond donors (Lipinski definition) is 0. The van der Waals surface area contributed by atoms with E-state index in [4.69, 9.17) is 4.74 Å². The maximum Gasteiger partial charge on any atom is 0.336 e. The van der Waals surface area contributed by atoms with Crippen molar-refractivity contribution in [3.8, 4) is 0 Å². The highest BCUT2D eigenvalue weighted by atomic mass is 79.9. The summed E-state index contributed by atoms with van der Waals surface area (Å²) < 4.78 is 6.03. The number of carbonyl (C=O) groups is 2. The van der Waals surface area contributed by atoms with E-state index in [9.17, 15) is 19.7 Å². The molecule has 0 fully saturated rings. The van der Waals surface area contributed by atoms with Gasteiger partial charge in [0.25, 0.3) is 5.69 Å². The molecule has 1 atom stereocenters. The van der Waals surface area contributed by atoms with Crippen LogP contribution in [0.25, 0.3) is 0 Å². The lowest BCUT2D eigenvalue weighted by Crippen LogP contribution is -2.37. The average molecular weight is 429 g/mol. The molecule has 27 heavy (non-hydrogen) atoms. The van der Waals surface area contributed by atoms with Crippen LogP contribution in [0.2, 0.25) is 0 Å². The van der Waals surface area contributed by atoms with E-state index in [0.717, 1.165) is 4.47 Å². The van der Waals surface area contributed by atoms with Gasteiger partial charge in [0.2, 0.25) is 5.91 Å². The first kappa shape index (κ1) is 17.4. The van der Waals surface area contributed by atoms with E-state index in [1.165, 1.54) is 17.0 Å². The number of carbonyl (C=O) groups excluding carboxylic acids is 2. The van der Waals surface area contributed by atoms with Gasteiger partial charge >= 0.3 is 5.97 Å². The van der Waals surface area contributed by atoms with Crippen LogP contribution in [0.4, 0.5) is 11.4 Å². The van der Waals surface area contributed by atoms with Crippen molar-refractivity contribution in [2.45, 2.75) is 12.3 Å². The van der Waals surface area contributed by atoms with E-state index in [-0.39, 0.29) is 24.6 Å². The third kappa shape index (κ3) is 3.02. The molecule has 2 aromatic rings. The molecule has 0 unspecified atom stereocenters. The number of nitrogens with zero attached hydrogens (tertiary/aromatic N) is 2. The maximum absolute atomic E-state index is 12.9. The van der Waals surface area contributed by atoms with Gasteiger partial charge < -0.3 is 4.74 Å². The molecule has 0 radical (unpaired) electrons. The summed E-state index contributed by atoms with van der Waals surface area (Å²) in [4.78, 5) is 37.2. The highest BCUT2D eigenvalue weighted by Gasteiger charge is 2.43. The summed E-state index contributed by atoms with van der Waals surface area (Å²) in [7, 11) is 0. The van der Waals surface area contributed by atoms with E-state index in [0.29, 0.717) is 22.5 Å². The Morgan fingerprint density at radius 2 is 1.89 bits per heavy atom. The van der Waals surface area contributed by atoms with Crippen molar-refractivity contribution < 1.29 is 19.2 Å². The fourth-order valence-electron chi connectivity index (χ4n) is 3.48. The first-order chi connectivity index (χ1) is 13.0. The summed E-state index contributed by atoms with van der Waals surface area (Å²) in [5.41, 5.74) is 2.25. The molecule has 0 saturated heterocycles. The summed E-state index contributed by atoms with van der Waals surface area (Å²) in [6.45, 7) is 0.0237. The molecule has 1 amide bonds. The fourth-order valence-corrected chi connectivity index (χ4v) is 3.87. The predicted molar refractivity (Wildman–Crippen MR) is 100 cm³/mol. The van der Waals surface area contributed by atoms with Crippen LogP contribution in [0.3, 0.4) is 0 Å². The minimum absolute atomic E-state index is 0.0237. The first-order valence-electron chi connectivity index (χ1n) is 8.19. The minimum atomic E-state index is -0.487. The molecule has 0 saturated carbocycles. The van der Waals surface area contributed by atoms with Gasteiger partial charge in [-0.1, -0.05) is 34.1 Å². The standard InChI is InChI=1S/C19H13BrN2O5/c20-12-2-1-3-14(8-12)21-16-10-27-19(24)18(16)15(9-17(21)23)11-4-6-13(7-5-11)22(25)26/h1-8,15H,9-10H2/t15-/m1/s1. The van der Waals surface area contributed by atoms with E-state index in [1.807, 2.05) is 12.1 Å². The molecule has 8 heteroatoms. The molecule has 4 rings (SSSR count). The molecule has 7 nitrogen and oxygen atoms in total. The summed E-state index contributed by atoms with van der Waals surface area (Å²) >= 11 is 3.39. The zero-order valence-electron chi connectivity index (χ0n) is 13.9. The summed E-state index contributed by atoms with van der Waals surface area (Å²) in [5.74, 6) is -1.10. The molecule has 0 N–H and O–H groups in total. The second-order valence-corrected chi connectivity index (χ2v) is 7.17. The number of amides is 1. The molecule has 2 aliphatic rings. The molecule has 2 heterocycles. The number of hydrogen-bond acceptors (Lipinski definition) is 5. The summed E-state index contributed by atoms with van der Waals surface area (Å²) in [6, 6.07) is 13.2. The maximum atomic E-state index is 12.9. The monoisotopic (exact) mass is 428 g/mol. The van der Waals surface area contributed by atoms with Crippen LogP contribution >= 0.6 is 15.9 Å². The van der Waals surface area contributed by atoms with Crippen LogP contribution in [0.1, 0.15) is 17.9 Å². The van der Waals surface area contributed by atoms with Crippen LogP contribution in [0.5, 0.6) is 0 Å². The Bertz CT molecular complexity index is 999. The molecule has 136 valence electrons. The average Bonchev–Trinajstić information content (AvgIpc) is 3.02. The first-order valence-corrected chi connectivity index (χ1v) is 8.98. The quantitative estimate of drug-likeness (QED) is 0.422. The van der Waals surface area contributed by atoms with E-state index in [2.05, 4.69) is 15.9 Å². The second kappa shape index (κ2) is 6.62. The lowest BCUT2D eigenvalue weighted by molar-refractivity contribution is -0.384. The SMILES string of the molecule is O=C1OCC2=C1[C@@H](c1ccc([N+](=O)[O-])cc1)CC(=O)N2c1cccc(Br)c1. The lowest BCUT2D eigenvalue weighted by Gasteiger charge is -2.31. The van der Waals surface area contributed by atoms with Crippen LogP contribution in [-0.4, -0.2) is 23.4 Å². The van der Waals surface area contributed by atoms with Crippen molar-refractivity contribution in [3.05, 3.63) is 80.0 Å². The molecule has 0 spiro atoms. The van der Waals surface area contributed by atoms with Crippen LogP contribution in [0, 0.1) is 10.1 Å². The summed E-state index contributed by atoms with van der Waals surface area (Å²) in [5, 5.41) is 10.9. The second-order valence-electron chi connectivity index (χ2n) is 6.25. The number of non-ortho nitro benzene ring substituents is 1. The Morgan fingerprint density at radius 3 is 2.56 bits per heavy atom. The number of ether oxygens (including phenoxy) is 1. The number of esters is 1. The smallest absolute Gasteiger partial charge is 0.336 e. The van der Waals surface area contributed by atoms with Gasteiger partial charge in [0.15, 0.2) is 0 Å². The van der Waals surface area contributed by atoms with Crippen molar-refractivity contribution in [1.29, 1.82) is 0 Å². The Hall–Kier alpha value is -3.00.